The summed E-state index contributed by atoms with van der Waals surface area (Å²) < 4.78 is 0. The van der Waals surface area contributed by atoms with Crippen molar-refractivity contribution in [1.29, 1.82) is 0 Å². The Bertz CT molecular complexity index is 256. The van der Waals surface area contributed by atoms with Crippen LogP contribution in [0.2, 0.25) is 0 Å². The summed E-state index contributed by atoms with van der Waals surface area (Å²) >= 11 is 0. The Morgan fingerprint density at radius 1 is 0.810 bits per heavy atom. The maximum Gasteiger partial charge on any atom is 0.303 e. The number of aliphatic carboxylic acids is 1. The van der Waals surface area contributed by atoms with E-state index in [-0.39, 0.29) is 0 Å². The zero-order valence-electron chi connectivity index (χ0n) is 14.3. The number of hydrogen-bond acceptors (Lipinski definition) is 1. The van der Waals surface area contributed by atoms with Gasteiger partial charge in [-0.1, -0.05) is 70.9 Å². The maximum absolute atomic E-state index is 10.3. The molecule has 0 aromatic carbocycles. The van der Waals surface area contributed by atoms with Gasteiger partial charge in [-0.2, -0.15) is 0 Å². The molecule has 2 heteroatoms. The van der Waals surface area contributed by atoms with Crippen molar-refractivity contribution in [3.05, 3.63) is 12.2 Å². The van der Waals surface area contributed by atoms with Crippen molar-refractivity contribution in [2.24, 2.45) is 5.92 Å². The first kappa shape index (κ1) is 20.2. The molecule has 0 aliphatic carbocycles. The summed E-state index contributed by atoms with van der Waals surface area (Å²) in [6.45, 7) is 4.61. The molecule has 0 spiro atoms. The minimum Gasteiger partial charge on any atom is -0.481 e. The second kappa shape index (κ2) is 15.6. The average molecular weight is 296 g/mol. The zero-order chi connectivity index (χ0) is 15.8. The highest BCUT2D eigenvalue weighted by Crippen LogP contribution is 2.12. The Balaban J connectivity index is 3.10. The largest absolute Gasteiger partial charge is 0.481 e. The summed E-state index contributed by atoms with van der Waals surface area (Å²) in [5, 5.41) is 8.51. The van der Waals surface area contributed by atoms with Crippen LogP contribution in [0.4, 0.5) is 0 Å². The van der Waals surface area contributed by atoms with Gasteiger partial charge >= 0.3 is 5.97 Å². The SMILES string of the molecule is CC(C)CCCCCCCC/C=C/CCCCCC(=O)O. The van der Waals surface area contributed by atoms with Crippen LogP contribution in [-0.4, -0.2) is 11.1 Å². The molecule has 0 aliphatic rings. The molecule has 124 valence electrons. The lowest BCUT2D eigenvalue weighted by atomic mass is 10.0. The quantitative estimate of drug-likeness (QED) is 0.282. The van der Waals surface area contributed by atoms with Crippen LogP contribution in [0.1, 0.15) is 97.3 Å². The number of unbranched alkanes of at least 4 members (excludes halogenated alkanes) is 9. The number of hydrogen-bond donors (Lipinski definition) is 1. The summed E-state index contributed by atoms with van der Waals surface area (Å²) in [4.78, 5) is 10.3. The van der Waals surface area contributed by atoms with Crippen LogP contribution < -0.4 is 0 Å². The van der Waals surface area contributed by atoms with Gasteiger partial charge in [0, 0.05) is 6.42 Å². The summed E-state index contributed by atoms with van der Waals surface area (Å²) in [6, 6.07) is 0. The van der Waals surface area contributed by atoms with E-state index in [0.29, 0.717) is 6.42 Å². The van der Waals surface area contributed by atoms with Crippen molar-refractivity contribution < 1.29 is 9.90 Å². The van der Waals surface area contributed by atoms with Crippen molar-refractivity contribution >= 4 is 5.97 Å². The molecular formula is C19H36O2. The van der Waals surface area contributed by atoms with Gasteiger partial charge in [0.15, 0.2) is 0 Å². The van der Waals surface area contributed by atoms with Gasteiger partial charge < -0.3 is 5.11 Å². The summed E-state index contributed by atoms with van der Waals surface area (Å²) in [7, 11) is 0. The van der Waals surface area contributed by atoms with E-state index in [4.69, 9.17) is 5.11 Å². The molecular weight excluding hydrogens is 260 g/mol. The van der Waals surface area contributed by atoms with Gasteiger partial charge in [0.1, 0.15) is 0 Å². The topological polar surface area (TPSA) is 37.3 Å². The van der Waals surface area contributed by atoms with E-state index in [1.165, 1.54) is 51.4 Å². The zero-order valence-corrected chi connectivity index (χ0v) is 14.3. The second-order valence-corrected chi connectivity index (χ2v) is 6.56. The molecule has 0 unspecified atom stereocenters. The van der Waals surface area contributed by atoms with E-state index in [9.17, 15) is 4.79 Å². The van der Waals surface area contributed by atoms with Crippen LogP contribution in [0, 0.1) is 5.92 Å². The van der Waals surface area contributed by atoms with E-state index in [1.54, 1.807) is 0 Å². The smallest absolute Gasteiger partial charge is 0.303 e. The molecule has 0 saturated heterocycles. The average Bonchev–Trinajstić information content (AvgIpc) is 2.42. The van der Waals surface area contributed by atoms with E-state index in [0.717, 1.165) is 31.6 Å². The minimum atomic E-state index is -0.672. The fourth-order valence-electron chi connectivity index (χ4n) is 2.47. The molecule has 0 rings (SSSR count). The third-order valence-corrected chi connectivity index (χ3v) is 3.83. The molecule has 0 bridgehead atoms. The number of carboxylic acid groups (broad SMARTS) is 1. The van der Waals surface area contributed by atoms with Gasteiger partial charge in [-0.25, -0.2) is 0 Å². The summed E-state index contributed by atoms with van der Waals surface area (Å²) in [5.74, 6) is 0.189. The van der Waals surface area contributed by atoms with Crippen molar-refractivity contribution in [3.8, 4) is 0 Å². The van der Waals surface area contributed by atoms with Crippen LogP contribution in [0.25, 0.3) is 0 Å². The van der Waals surface area contributed by atoms with Gasteiger partial charge in [0.2, 0.25) is 0 Å². The highest BCUT2D eigenvalue weighted by molar-refractivity contribution is 5.66. The van der Waals surface area contributed by atoms with Crippen LogP contribution in [-0.2, 0) is 4.79 Å². The molecule has 0 atom stereocenters. The highest BCUT2D eigenvalue weighted by atomic mass is 16.4. The van der Waals surface area contributed by atoms with Gasteiger partial charge in [0.05, 0.1) is 0 Å². The monoisotopic (exact) mass is 296 g/mol. The fraction of sp³-hybridized carbons (Fsp3) is 0.842. The van der Waals surface area contributed by atoms with E-state index >= 15 is 0 Å². The summed E-state index contributed by atoms with van der Waals surface area (Å²) in [5.41, 5.74) is 0. The minimum absolute atomic E-state index is 0.320. The normalized spacial score (nSPS) is 11.6. The molecule has 0 amide bonds. The molecule has 0 aromatic rings. The van der Waals surface area contributed by atoms with Crippen molar-refractivity contribution in [2.75, 3.05) is 0 Å². The molecule has 0 saturated carbocycles. The lowest BCUT2D eigenvalue weighted by molar-refractivity contribution is -0.137. The molecule has 0 fully saturated rings. The van der Waals surface area contributed by atoms with Crippen LogP contribution in [0.3, 0.4) is 0 Å². The van der Waals surface area contributed by atoms with Crippen LogP contribution in [0.15, 0.2) is 12.2 Å². The standard InChI is InChI=1S/C19H36O2/c1-18(2)16-14-12-10-8-6-4-3-5-7-9-11-13-15-17-19(20)21/h5,7,18H,3-4,6,8-17H2,1-2H3,(H,20,21)/b7-5+. The predicted molar refractivity (Wildman–Crippen MR) is 91.6 cm³/mol. The molecule has 21 heavy (non-hydrogen) atoms. The van der Waals surface area contributed by atoms with Crippen molar-refractivity contribution in [1.82, 2.24) is 0 Å². The van der Waals surface area contributed by atoms with Gasteiger partial charge in [-0.15, -0.1) is 0 Å². The van der Waals surface area contributed by atoms with E-state index < -0.39 is 5.97 Å². The molecule has 0 aromatic heterocycles. The molecule has 1 N–H and O–H groups in total. The predicted octanol–water partition coefficient (Wildman–Crippen LogP) is 6.35. The summed E-state index contributed by atoms with van der Waals surface area (Å²) in [6.07, 6.45) is 19.9. The second-order valence-electron chi connectivity index (χ2n) is 6.56. The first-order chi connectivity index (χ1) is 10.1. The van der Waals surface area contributed by atoms with Crippen molar-refractivity contribution in [3.63, 3.8) is 0 Å². The molecule has 0 heterocycles. The number of rotatable bonds is 15. The number of carboxylic acids is 1. The Labute approximate surface area is 132 Å². The molecule has 2 nitrogen and oxygen atoms in total. The van der Waals surface area contributed by atoms with Crippen LogP contribution in [0.5, 0.6) is 0 Å². The van der Waals surface area contributed by atoms with Crippen molar-refractivity contribution in [2.45, 2.75) is 97.3 Å². The lowest BCUT2D eigenvalue weighted by Gasteiger charge is -2.03. The van der Waals surface area contributed by atoms with Crippen LogP contribution >= 0.6 is 0 Å². The van der Waals surface area contributed by atoms with E-state index in [2.05, 4.69) is 26.0 Å². The third kappa shape index (κ3) is 19.2. The van der Waals surface area contributed by atoms with Gasteiger partial charge in [-0.3, -0.25) is 4.79 Å². The fourth-order valence-corrected chi connectivity index (χ4v) is 2.47. The molecule has 0 aliphatic heterocycles. The Hall–Kier alpha value is -0.790. The van der Waals surface area contributed by atoms with E-state index in [1.807, 2.05) is 0 Å². The Kier molecular flexibility index (Phi) is 15.0. The lowest BCUT2D eigenvalue weighted by Crippen LogP contribution is -1.93. The Morgan fingerprint density at radius 2 is 1.29 bits per heavy atom. The number of allylic oxidation sites excluding steroid dienone is 2. The maximum atomic E-state index is 10.3. The first-order valence-electron chi connectivity index (χ1n) is 8.99. The molecule has 0 radical (unpaired) electrons. The number of carbonyl (C=O) groups is 1. The van der Waals surface area contributed by atoms with Gasteiger partial charge in [-0.05, 0) is 38.0 Å². The highest BCUT2D eigenvalue weighted by Gasteiger charge is 1.95. The Morgan fingerprint density at radius 3 is 1.81 bits per heavy atom. The third-order valence-electron chi connectivity index (χ3n) is 3.83. The van der Waals surface area contributed by atoms with Gasteiger partial charge in [0.25, 0.3) is 0 Å². The first-order valence-corrected chi connectivity index (χ1v) is 8.99.